The van der Waals surface area contributed by atoms with Gasteiger partial charge < -0.3 is 10.4 Å². The van der Waals surface area contributed by atoms with Gasteiger partial charge in [-0.3, -0.25) is 4.90 Å². The Hall–Kier alpha value is -0.120. The van der Waals surface area contributed by atoms with Gasteiger partial charge in [-0.05, 0) is 31.7 Å². The molecular weight excluding hydrogens is 212 g/mol. The summed E-state index contributed by atoms with van der Waals surface area (Å²) in [6.45, 7) is 9.51. The van der Waals surface area contributed by atoms with Crippen LogP contribution in [0.15, 0.2) is 0 Å². The van der Waals surface area contributed by atoms with Crippen LogP contribution in [0.4, 0.5) is 0 Å². The molecule has 0 radical (unpaired) electrons. The van der Waals surface area contributed by atoms with Crippen molar-refractivity contribution in [2.75, 3.05) is 32.8 Å². The normalized spacial score (nSPS) is 17.6. The number of nitrogens with one attached hydrogen (secondary N) is 1. The Morgan fingerprint density at radius 2 is 1.88 bits per heavy atom. The highest BCUT2D eigenvalue weighted by molar-refractivity contribution is 4.86. The SMILES string of the molecule is CCCC(CCC)N1CC(CNCCCO)C1. The number of likely N-dealkylation sites (tertiary alicyclic amines) is 1. The molecule has 0 saturated carbocycles. The third kappa shape index (κ3) is 5.36. The Bertz CT molecular complexity index is 175. The van der Waals surface area contributed by atoms with Crippen molar-refractivity contribution < 1.29 is 5.11 Å². The fourth-order valence-corrected chi connectivity index (χ4v) is 2.72. The van der Waals surface area contributed by atoms with Gasteiger partial charge in [0.05, 0.1) is 0 Å². The molecule has 0 aromatic rings. The maximum atomic E-state index is 8.69. The highest BCUT2D eigenvalue weighted by atomic mass is 16.3. The predicted octanol–water partition coefficient (Wildman–Crippen LogP) is 1.86. The van der Waals surface area contributed by atoms with E-state index in [4.69, 9.17) is 5.11 Å². The highest BCUT2D eigenvalue weighted by Gasteiger charge is 2.30. The molecule has 17 heavy (non-hydrogen) atoms. The van der Waals surface area contributed by atoms with Gasteiger partial charge in [0.1, 0.15) is 0 Å². The molecule has 0 bridgehead atoms. The zero-order valence-electron chi connectivity index (χ0n) is 11.6. The minimum atomic E-state index is 0.304. The Morgan fingerprint density at radius 3 is 2.41 bits per heavy atom. The molecule has 1 heterocycles. The monoisotopic (exact) mass is 242 g/mol. The first kappa shape index (κ1) is 14.9. The minimum Gasteiger partial charge on any atom is -0.396 e. The smallest absolute Gasteiger partial charge is 0.0443 e. The summed E-state index contributed by atoms with van der Waals surface area (Å²) in [5.74, 6) is 0.838. The summed E-state index contributed by atoms with van der Waals surface area (Å²) < 4.78 is 0. The van der Waals surface area contributed by atoms with Gasteiger partial charge >= 0.3 is 0 Å². The Morgan fingerprint density at radius 1 is 1.24 bits per heavy atom. The molecule has 102 valence electrons. The zero-order chi connectivity index (χ0) is 12.5. The molecule has 1 fully saturated rings. The second-order valence-electron chi connectivity index (χ2n) is 5.33. The van der Waals surface area contributed by atoms with E-state index in [-0.39, 0.29) is 0 Å². The van der Waals surface area contributed by atoms with E-state index < -0.39 is 0 Å². The number of aliphatic hydroxyl groups excluding tert-OH is 1. The van der Waals surface area contributed by atoms with Crippen LogP contribution in [-0.4, -0.2) is 48.8 Å². The van der Waals surface area contributed by atoms with Crippen molar-refractivity contribution in [1.29, 1.82) is 0 Å². The predicted molar refractivity (Wildman–Crippen MR) is 73.2 cm³/mol. The summed E-state index contributed by atoms with van der Waals surface area (Å²) in [5.41, 5.74) is 0. The molecule has 0 aromatic heterocycles. The minimum absolute atomic E-state index is 0.304. The molecule has 0 amide bonds. The second-order valence-corrected chi connectivity index (χ2v) is 5.33. The summed E-state index contributed by atoms with van der Waals surface area (Å²) >= 11 is 0. The Balaban J connectivity index is 2.07. The molecule has 3 nitrogen and oxygen atoms in total. The van der Waals surface area contributed by atoms with Crippen molar-refractivity contribution >= 4 is 0 Å². The van der Waals surface area contributed by atoms with Crippen LogP contribution in [-0.2, 0) is 0 Å². The molecule has 1 rings (SSSR count). The molecule has 1 aliphatic rings. The highest BCUT2D eigenvalue weighted by Crippen LogP contribution is 2.23. The number of rotatable bonds is 10. The summed E-state index contributed by atoms with van der Waals surface area (Å²) in [5, 5.41) is 12.1. The fraction of sp³-hybridized carbons (Fsp3) is 1.00. The Labute approximate surface area is 107 Å². The van der Waals surface area contributed by atoms with E-state index in [1.165, 1.54) is 38.8 Å². The van der Waals surface area contributed by atoms with Gasteiger partial charge in [0, 0.05) is 32.3 Å². The van der Waals surface area contributed by atoms with Crippen molar-refractivity contribution in [3.63, 3.8) is 0 Å². The van der Waals surface area contributed by atoms with E-state index in [0.29, 0.717) is 6.61 Å². The van der Waals surface area contributed by atoms with Crippen LogP contribution in [0, 0.1) is 5.92 Å². The van der Waals surface area contributed by atoms with Gasteiger partial charge in [-0.1, -0.05) is 26.7 Å². The largest absolute Gasteiger partial charge is 0.396 e. The van der Waals surface area contributed by atoms with E-state index in [2.05, 4.69) is 24.1 Å². The lowest BCUT2D eigenvalue weighted by Gasteiger charge is -2.44. The lowest BCUT2D eigenvalue weighted by molar-refractivity contribution is 0.0437. The van der Waals surface area contributed by atoms with E-state index in [1.807, 2.05) is 0 Å². The standard InChI is InChI=1S/C14H30N2O/c1-3-6-14(7-4-2)16-11-13(12-16)10-15-8-5-9-17/h13-15,17H,3-12H2,1-2H3. The molecule has 0 spiro atoms. The third-order valence-corrected chi connectivity index (χ3v) is 3.69. The molecule has 1 aliphatic heterocycles. The summed E-state index contributed by atoms with van der Waals surface area (Å²) in [6.07, 6.45) is 6.21. The van der Waals surface area contributed by atoms with Crippen LogP contribution in [0.1, 0.15) is 46.0 Å². The van der Waals surface area contributed by atoms with Gasteiger partial charge in [-0.15, -0.1) is 0 Å². The van der Waals surface area contributed by atoms with Crippen molar-refractivity contribution in [2.24, 2.45) is 5.92 Å². The topological polar surface area (TPSA) is 35.5 Å². The lowest BCUT2D eigenvalue weighted by Crippen LogP contribution is -2.55. The average molecular weight is 242 g/mol. The van der Waals surface area contributed by atoms with Crippen molar-refractivity contribution in [2.45, 2.75) is 52.0 Å². The van der Waals surface area contributed by atoms with Crippen LogP contribution in [0.2, 0.25) is 0 Å². The molecular formula is C14H30N2O. The van der Waals surface area contributed by atoms with Gasteiger partial charge in [-0.25, -0.2) is 0 Å². The van der Waals surface area contributed by atoms with E-state index >= 15 is 0 Å². The van der Waals surface area contributed by atoms with E-state index in [9.17, 15) is 0 Å². The lowest BCUT2D eigenvalue weighted by atomic mass is 9.94. The van der Waals surface area contributed by atoms with Gasteiger partial charge in [0.15, 0.2) is 0 Å². The molecule has 0 unspecified atom stereocenters. The molecule has 0 atom stereocenters. The van der Waals surface area contributed by atoms with Crippen LogP contribution in [0.25, 0.3) is 0 Å². The quantitative estimate of drug-likeness (QED) is 0.574. The van der Waals surface area contributed by atoms with E-state index in [0.717, 1.165) is 31.5 Å². The van der Waals surface area contributed by atoms with Crippen molar-refractivity contribution in [1.82, 2.24) is 10.2 Å². The van der Waals surface area contributed by atoms with Gasteiger partial charge in [0.25, 0.3) is 0 Å². The third-order valence-electron chi connectivity index (χ3n) is 3.69. The molecule has 1 saturated heterocycles. The zero-order valence-corrected chi connectivity index (χ0v) is 11.6. The Kier molecular flexibility index (Phi) is 7.82. The maximum absolute atomic E-state index is 8.69. The van der Waals surface area contributed by atoms with Crippen LogP contribution in [0.5, 0.6) is 0 Å². The van der Waals surface area contributed by atoms with Crippen LogP contribution >= 0.6 is 0 Å². The molecule has 0 aromatic carbocycles. The number of hydrogen-bond donors (Lipinski definition) is 2. The van der Waals surface area contributed by atoms with Crippen molar-refractivity contribution in [3.8, 4) is 0 Å². The summed E-state index contributed by atoms with van der Waals surface area (Å²) in [7, 11) is 0. The summed E-state index contributed by atoms with van der Waals surface area (Å²) in [6, 6.07) is 0.832. The van der Waals surface area contributed by atoms with Crippen LogP contribution < -0.4 is 5.32 Å². The first-order valence-electron chi connectivity index (χ1n) is 7.37. The number of aliphatic hydroxyl groups is 1. The second kappa shape index (κ2) is 8.90. The van der Waals surface area contributed by atoms with E-state index in [1.54, 1.807) is 0 Å². The average Bonchev–Trinajstić information content (AvgIpc) is 2.26. The number of nitrogens with zero attached hydrogens (tertiary/aromatic N) is 1. The summed E-state index contributed by atoms with van der Waals surface area (Å²) in [4.78, 5) is 2.66. The molecule has 2 N–H and O–H groups in total. The molecule has 3 heteroatoms. The first-order valence-corrected chi connectivity index (χ1v) is 7.37. The van der Waals surface area contributed by atoms with Gasteiger partial charge in [-0.2, -0.15) is 0 Å². The van der Waals surface area contributed by atoms with Crippen LogP contribution in [0.3, 0.4) is 0 Å². The van der Waals surface area contributed by atoms with Crippen molar-refractivity contribution in [3.05, 3.63) is 0 Å². The number of hydrogen-bond acceptors (Lipinski definition) is 3. The van der Waals surface area contributed by atoms with Gasteiger partial charge in [0.2, 0.25) is 0 Å². The molecule has 0 aliphatic carbocycles. The fourth-order valence-electron chi connectivity index (χ4n) is 2.72. The first-order chi connectivity index (χ1) is 8.31. The maximum Gasteiger partial charge on any atom is 0.0443 e.